The third-order valence-electron chi connectivity index (χ3n) is 3.47. The summed E-state index contributed by atoms with van der Waals surface area (Å²) < 4.78 is 1.30. The molecule has 0 aliphatic rings. The first kappa shape index (κ1) is 16.0. The average Bonchev–Trinajstić information content (AvgIpc) is 2.94. The van der Waals surface area contributed by atoms with Gasteiger partial charge in [0, 0.05) is 14.5 Å². The number of aryl methyl sites for hydroxylation is 1. The van der Waals surface area contributed by atoms with Crippen molar-refractivity contribution >= 4 is 33.9 Å². The minimum atomic E-state index is 0.449. The summed E-state index contributed by atoms with van der Waals surface area (Å²) in [6.07, 6.45) is 3.37. The highest BCUT2D eigenvalue weighted by molar-refractivity contribution is 14.1. The lowest BCUT2D eigenvalue weighted by Gasteiger charge is -2.19. The Morgan fingerprint density at radius 3 is 2.55 bits per heavy atom. The van der Waals surface area contributed by atoms with Crippen molar-refractivity contribution in [3.63, 3.8) is 0 Å². The maximum atomic E-state index is 3.72. The first-order valence-electron chi connectivity index (χ1n) is 7.28. The number of nitrogens with one attached hydrogen (secondary N) is 1. The molecule has 3 heteroatoms. The number of rotatable bonds is 7. The predicted molar refractivity (Wildman–Crippen MR) is 97.6 cm³/mol. The maximum Gasteiger partial charge on any atom is 0.0458 e. The SMILES string of the molecule is CCCNC(Cc1ccc(I)cc1)c1sccc1CC. The van der Waals surface area contributed by atoms with Crippen molar-refractivity contribution in [3.05, 3.63) is 55.3 Å². The zero-order valence-electron chi connectivity index (χ0n) is 12.2. The van der Waals surface area contributed by atoms with Gasteiger partial charge in [-0.15, -0.1) is 11.3 Å². The Balaban J connectivity index is 2.17. The average molecular weight is 399 g/mol. The van der Waals surface area contributed by atoms with E-state index in [1.165, 1.54) is 26.0 Å². The third kappa shape index (κ3) is 4.30. The maximum absolute atomic E-state index is 3.72. The van der Waals surface area contributed by atoms with Crippen LogP contribution < -0.4 is 5.32 Å². The summed E-state index contributed by atoms with van der Waals surface area (Å²) >= 11 is 4.25. The lowest BCUT2D eigenvalue weighted by Crippen LogP contribution is -2.24. The van der Waals surface area contributed by atoms with E-state index in [1.807, 2.05) is 11.3 Å². The fourth-order valence-electron chi connectivity index (χ4n) is 2.38. The zero-order chi connectivity index (χ0) is 14.4. The van der Waals surface area contributed by atoms with Crippen LogP contribution in [-0.4, -0.2) is 6.54 Å². The van der Waals surface area contributed by atoms with Crippen molar-refractivity contribution < 1.29 is 0 Å². The molecule has 1 N–H and O–H groups in total. The fourth-order valence-corrected chi connectivity index (χ4v) is 3.81. The van der Waals surface area contributed by atoms with Crippen LogP contribution in [0.3, 0.4) is 0 Å². The minimum absolute atomic E-state index is 0.449. The first-order valence-corrected chi connectivity index (χ1v) is 9.24. The van der Waals surface area contributed by atoms with E-state index in [4.69, 9.17) is 0 Å². The predicted octanol–water partition coefficient (Wildman–Crippen LogP) is 5.20. The van der Waals surface area contributed by atoms with Crippen molar-refractivity contribution in [2.45, 2.75) is 39.2 Å². The summed E-state index contributed by atoms with van der Waals surface area (Å²) in [4.78, 5) is 1.51. The van der Waals surface area contributed by atoms with Crippen molar-refractivity contribution in [2.24, 2.45) is 0 Å². The molecular weight excluding hydrogens is 377 g/mol. The standard InChI is InChI=1S/C17H22INS/c1-3-10-19-16(17-14(4-2)9-11-20-17)12-13-5-7-15(18)8-6-13/h5-9,11,16,19H,3-4,10,12H2,1-2H3. The second kappa shape index (κ2) is 8.15. The normalized spacial score (nSPS) is 12.6. The largest absolute Gasteiger partial charge is 0.309 e. The van der Waals surface area contributed by atoms with Gasteiger partial charge in [-0.25, -0.2) is 0 Å². The number of thiophene rings is 1. The Labute approximate surface area is 139 Å². The van der Waals surface area contributed by atoms with E-state index < -0.39 is 0 Å². The number of benzene rings is 1. The topological polar surface area (TPSA) is 12.0 Å². The molecule has 0 aliphatic heterocycles. The molecule has 1 aromatic carbocycles. The van der Waals surface area contributed by atoms with Crippen LogP contribution in [0.4, 0.5) is 0 Å². The Morgan fingerprint density at radius 2 is 1.90 bits per heavy atom. The van der Waals surface area contributed by atoms with E-state index in [2.05, 4.69) is 77.5 Å². The number of hydrogen-bond acceptors (Lipinski definition) is 2. The van der Waals surface area contributed by atoms with Crippen molar-refractivity contribution in [2.75, 3.05) is 6.54 Å². The van der Waals surface area contributed by atoms with Gasteiger partial charge in [0.15, 0.2) is 0 Å². The Kier molecular flexibility index (Phi) is 6.52. The van der Waals surface area contributed by atoms with Crippen LogP contribution in [0, 0.1) is 3.57 Å². The summed E-state index contributed by atoms with van der Waals surface area (Å²) in [6, 6.07) is 11.6. The number of hydrogen-bond donors (Lipinski definition) is 1. The van der Waals surface area contributed by atoms with E-state index in [0.29, 0.717) is 6.04 Å². The smallest absolute Gasteiger partial charge is 0.0458 e. The summed E-state index contributed by atoms with van der Waals surface area (Å²) in [5, 5.41) is 5.94. The lowest BCUT2D eigenvalue weighted by atomic mass is 10.0. The summed E-state index contributed by atoms with van der Waals surface area (Å²) in [6.45, 7) is 5.55. The molecule has 0 bridgehead atoms. The third-order valence-corrected chi connectivity index (χ3v) is 5.26. The fraction of sp³-hybridized carbons (Fsp3) is 0.412. The lowest BCUT2D eigenvalue weighted by molar-refractivity contribution is 0.533. The molecule has 2 aromatic rings. The molecule has 0 amide bonds. The molecule has 0 saturated heterocycles. The van der Waals surface area contributed by atoms with Gasteiger partial charge in [0.1, 0.15) is 0 Å². The molecule has 20 heavy (non-hydrogen) atoms. The van der Waals surface area contributed by atoms with Gasteiger partial charge in [0.2, 0.25) is 0 Å². The first-order chi connectivity index (χ1) is 9.74. The van der Waals surface area contributed by atoms with Crippen LogP contribution >= 0.6 is 33.9 Å². The monoisotopic (exact) mass is 399 g/mol. The highest BCUT2D eigenvalue weighted by atomic mass is 127. The highest BCUT2D eigenvalue weighted by Gasteiger charge is 2.16. The molecule has 1 heterocycles. The summed E-state index contributed by atoms with van der Waals surface area (Å²) in [7, 11) is 0. The molecule has 1 aromatic heterocycles. The van der Waals surface area contributed by atoms with Gasteiger partial charge in [0.25, 0.3) is 0 Å². The van der Waals surface area contributed by atoms with Crippen molar-refractivity contribution in [3.8, 4) is 0 Å². The molecule has 0 saturated carbocycles. The minimum Gasteiger partial charge on any atom is -0.309 e. The summed E-state index contributed by atoms with van der Waals surface area (Å²) in [5.41, 5.74) is 2.91. The molecule has 1 nitrogen and oxygen atoms in total. The molecule has 0 radical (unpaired) electrons. The van der Waals surface area contributed by atoms with Gasteiger partial charge in [-0.3, -0.25) is 0 Å². The molecule has 0 aliphatic carbocycles. The van der Waals surface area contributed by atoms with Crippen LogP contribution in [0.2, 0.25) is 0 Å². The molecular formula is C17H22INS. The van der Waals surface area contributed by atoms with Gasteiger partial charge in [0.05, 0.1) is 0 Å². The molecule has 108 valence electrons. The van der Waals surface area contributed by atoms with Crippen LogP contribution in [0.25, 0.3) is 0 Å². The van der Waals surface area contributed by atoms with Gasteiger partial charge >= 0.3 is 0 Å². The van der Waals surface area contributed by atoms with Gasteiger partial charge < -0.3 is 5.32 Å². The molecule has 0 spiro atoms. The van der Waals surface area contributed by atoms with Crippen LogP contribution in [-0.2, 0) is 12.8 Å². The van der Waals surface area contributed by atoms with Crippen molar-refractivity contribution in [1.29, 1.82) is 0 Å². The molecule has 1 atom stereocenters. The molecule has 0 fully saturated rings. The Hall–Kier alpha value is -0.390. The highest BCUT2D eigenvalue weighted by Crippen LogP contribution is 2.28. The molecule has 2 rings (SSSR count). The Bertz CT molecular complexity index is 518. The molecule has 1 unspecified atom stereocenters. The van der Waals surface area contributed by atoms with E-state index in [1.54, 1.807) is 0 Å². The van der Waals surface area contributed by atoms with Gasteiger partial charge in [-0.1, -0.05) is 26.0 Å². The second-order valence-corrected chi connectivity index (χ2v) is 7.19. The van der Waals surface area contributed by atoms with E-state index in [-0.39, 0.29) is 0 Å². The number of halogens is 1. The van der Waals surface area contributed by atoms with E-state index in [9.17, 15) is 0 Å². The van der Waals surface area contributed by atoms with Crippen LogP contribution in [0.15, 0.2) is 35.7 Å². The second-order valence-electron chi connectivity index (χ2n) is 5.00. The van der Waals surface area contributed by atoms with Gasteiger partial charge in [-0.05, 0) is 83.1 Å². The van der Waals surface area contributed by atoms with Crippen LogP contribution in [0.1, 0.15) is 42.3 Å². The van der Waals surface area contributed by atoms with Gasteiger partial charge in [-0.2, -0.15) is 0 Å². The van der Waals surface area contributed by atoms with E-state index in [0.717, 1.165) is 19.4 Å². The van der Waals surface area contributed by atoms with Crippen LogP contribution in [0.5, 0.6) is 0 Å². The van der Waals surface area contributed by atoms with Crippen molar-refractivity contribution in [1.82, 2.24) is 5.32 Å². The zero-order valence-corrected chi connectivity index (χ0v) is 15.1. The summed E-state index contributed by atoms with van der Waals surface area (Å²) in [5.74, 6) is 0. The Morgan fingerprint density at radius 1 is 1.15 bits per heavy atom. The quantitative estimate of drug-likeness (QED) is 0.632. The van der Waals surface area contributed by atoms with E-state index >= 15 is 0 Å².